The molecule has 0 spiro atoms. The first-order chi connectivity index (χ1) is 15.5. The molecule has 2 aromatic heterocycles. The molecule has 0 unspecified atom stereocenters. The highest BCUT2D eigenvalue weighted by molar-refractivity contribution is 5.91. The second-order valence-corrected chi connectivity index (χ2v) is 7.80. The van der Waals surface area contributed by atoms with Crippen LogP contribution >= 0.6 is 0 Å². The minimum absolute atomic E-state index is 0.175. The SMILES string of the molecule is CCNC(=O)N(OC=O)c1cccc(-c2cnc3cc(N4C[C@@H](C)O[C@@H](C)C4)ccn23)c1. The Morgan fingerprint density at radius 2 is 2.06 bits per heavy atom. The van der Waals surface area contributed by atoms with E-state index in [1.165, 1.54) is 0 Å². The predicted octanol–water partition coefficient (Wildman–Crippen LogP) is 3.24. The fourth-order valence-electron chi connectivity index (χ4n) is 4.05. The molecule has 0 aliphatic carbocycles. The number of hydrogen-bond acceptors (Lipinski definition) is 6. The fourth-order valence-corrected chi connectivity index (χ4v) is 4.05. The number of ether oxygens (including phenoxy) is 1. The van der Waals surface area contributed by atoms with Crippen molar-refractivity contribution in [1.29, 1.82) is 0 Å². The number of carbonyl (C=O) groups is 2. The van der Waals surface area contributed by atoms with Gasteiger partial charge in [0.05, 0.1) is 29.8 Å². The third-order valence-electron chi connectivity index (χ3n) is 5.32. The van der Waals surface area contributed by atoms with Gasteiger partial charge in [0.1, 0.15) is 5.65 Å². The number of urea groups is 1. The van der Waals surface area contributed by atoms with E-state index >= 15 is 0 Å². The van der Waals surface area contributed by atoms with E-state index in [1.807, 2.05) is 16.7 Å². The number of fused-ring (bicyclic) bond motifs is 1. The van der Waals surface area contributed by atoms with Crippen LogP contribution in [0.3, 0.4) is 0 Å². The van der Waals surface area contributed by atoms with Crippen molar-refractivity contribution >= 4 is 29.5 Å². The van der Waals surface area contributed by atoms with Crippen LogP contribution in [0.4, 0.5) is 16.2 Å². The van der Waals surface area contributed by atoms with Gasteiger partial charge >= 0.3 is 12.5 Å². The summed E-state index contributed by atoms with van der Waals surface area (Å²) in [7, 11) is 0. The lowest BCUT2D eigenvalue weighted by atomic mass is 10.1. The fraction of sp³-hybridized carbons (Fsp3) is 0.348. The first-order valence-electron chi connectivity index (χ1n) is 10.7. The monoisotopic (exact) mass is 437 g/mol. The number of imidazole rings is 1. The van der Waals surface area contributed by atoms with Gasteiger partial charge in [-0.05, 0) is 39.0 Å². The summed E-state index contributed by atoms with van der Waals surface area (Å²) in [5, 5.41) is 3.56. The quantitative estimate of drug-likeness (QED) is 0.471. The molecule has 2 amide bonds. The Bertz CT molecular complexity index is 1100. The topological polar surface area (TPSA) is 88.4 Å². The van der Waals surface area contributed by atoms with Gasteiger partial charge in [-0.25, -0.2) is 9.78 Å². The van der Waals surface area contributed by atoms with Gasteiger partial charge in [0.25, 0.3) is 0 Å². The van der Waals surface area contributed by atoms with Gasteiger partial charge in [-0.2, -0.15) is 0 Å². The third-order valence-corrected chi connectivity index (χ3v) is 5.32. The summed E-state index contributed by atoms with van der Waals surface area (Å²) in [6.07, 6.45) is 4.14. The summed E-state index contributed by atoms with van der Waals surface area (Å²) in [6.45, 7) is 8.27. The maximum atomic E-state index is 12.3. The van der Waals surface area contributed by atoms with Crippen molar-refractivity contribution in [3.8, 4) is 11.3 Å². The molecule has 32 heavy (non-hydrogen) atoms. The van der Waals surface area contributed by atoms with Crippen LogP contribution in [-0.4, -0.2) is 53.7 Å². The molecule has 0 saturated carbocycles. The Labute approximate surface area is 186 Å². The number of morpholine rings is 1. The van der Waals surface area contributed by atoms with Crippen LogP contribution in [0.1, 0.15) is 20.8 Å². The van der Waals surface area contributed by atoms with Gasteiger partial charge in [-0.1, -0.05) is 12.1 Å². The minimum Gasteiger partial charge on any atom is -0.372 e. The van der Waals surface area contributed by atoms with E-state index in [1.54, 1.807) is 31.3 Å². The predicted molar refractivity (Wildman–Crippen MR) is 122 cm³/mol. The lowest BCUT2D eigenvalue weighted by molar-refractivity contribution is -0.128. The van der Waals surface area contributed by atoms with Crippen LogP contribution in [0.15, 0.2) is 48.8 Å². The second-order valence-electron chi connectivity index (χ2n) is 7.80. The summed E-state index contributed by atoms with van der Waals surface area (Å²) >= 11 is 0. The van der Waals surface area contributed by atoms with Crippen molar-refractivity contribution < 1.29 is 19.2 Å². The van der Waals surface area contributed by atoms with Crippen LogP contribution < -0.4 is 15.3 Å². The molecule has 9 nitrogen and oxygen atoms in total. The van der Waals surface area contributed by atoms with E-state index in [0.29, 0.717) is 12.2 Å². The van der Waals surface area contributed by atoms with Crippen molar-refractivity contribution in [2.75, 3.05) is 29.6 Å². The highest BCUT2D eigenvalue weighted by Crippen LogP contribution is 2.28. The highest BCUT2D eigenvalue weighted by atomic mass is 16.7. The molecule has 9 heteroatoms. The summed E-state index contributed by atoms with van der Waals surface area (Å²) in [6, 6.07) is 10.8. The van der Waals surface area contributed by atoms with E-state index in [0.717, 1.165) is 40.7 Å². The molecule has 1 fully saturated rings. The Hall–Kier alpha value is -3.59. The average molecular weight is 438 g/mol. The number of nitrogens with one attached hydrogen (secondary N) is 1. The van der Waals surface area contributed by atoms with Crippen molar-refractivity contribution in [2.45, 2.75) is 33.0 Å². The molecule has 1 N–H and O–H groups in total. The van der Waals surface area contributed by atoms with Crippen LogP contribution in [0, 0.1) is 0 Å². The van der Waals surface area contributed by atoms with Gasteiger partial charge in [0.15, 0.2) is 0 Å². The summed E-state index contributed by atoms with van der Waals surface area (Å²) in [4.78, 5) is 35.0. The van der Waals surface area contributed by atoms with Gasteiger partial charge in [0.2, 0.25) is 0 Å². The average Bonchev–Trinajstić information content (AvgIpc) is 3.20. The molecule has 0 bridgehead atoms. The zero-order valence-electron chi connectivity index (χ0n) is 18.4. The Balaban J connectivity index is 1.65. The molecule has 1 aliphatic heterocycles. The van der Waals surface area contributed by atoms with Gasteiger partial charge in [-0.15, -0.1) is 5.06 Å². The van der Waals surface area contributed by atoms with E-state index in [2.05, 4.69) is 41.2 Å². The van der Waals surface area contributed by atoms with Crippen molar-refractivity contribution in [2.24, 2.45) is 0 Å². The number of benzene rings is 1. The van der Waals surface area contributed by atoms with E-state index < -0.39 is 6.03 Å². The van der Waals surface area contributed by atoms with Crippen LogP contribution in [0.5, 0.6) is 0 Å². The van der Waals surface area contributed by atoms with Crippen LogP contribution in [0.25, 0.3) is 16.9 Å². The number of pyridine rings is 1. The minimum atomic E-state index is -0.520. The normalized spacial score (nSPS) is 18.4. The molecule has 3 aromatic rings. The van der Waals surface area contributed by atoms with Gasteiger partial charge in [-0.3, -0.25) is 9.20 Å². The van der Waals surface area contributed by atoms with Gasteiger partial charge in [0, 0.05) is 43.1 Å². The molecule has 3 heterocycles. The van der Waals surface area contributed by atoms with Gasteiger partial charge < -0.3 is 19.8 Å². The molecule has 1 saturated heterocycles. The zero-order chi connectivity index (χ0) is 22.7. The number of nitrogens with zero attached hydrogens (tertiary/aromatic N) is 4. The largest absolute Gasteiger partial charge is 0.372 e. The molecule has 0 radical (unpaired) electrons. The van der Waals surface area contributed by atoms with Crippen LogP contribution in [0.2, 0.25) is 0 Å². The highest BCUT2D eigenvalue weighted by Gasteiger charge is 2.23. The number of anilines is 2. The zero-order valence-corrected chi connectivity index (χ0v) is 18.4. The van der Waals surface area contributed by atoms with Crippen molar-refractivity contribution in [1.82, 2.24) is 14.7 Å². The first-order valence-corrected chi connectivity index (χ1v) is 10.7. The number of hydrogen-bond donors (Lipinski definition) is 1. The molecule has 2 atom stereocenters. The number of hydroxylamine groups is 1. The molecule has 168 valence electrons. The number of amides is 2. The molecular formula is C23H27N5O4. The summed E-state index contributed by atoms with van der Waals surface area (Å²) in [5.74, 6) is 0. The number of aromatic nitrogens is 2. The van der Waals surface area contributed by atoms with E-state index in [9.17, 15) is 9.59 Å². The molecule has 4 rings (SSSR count). The second kappa shape index (κ2) is 9.27. The Morgan fingerprint density at radius 3 is 2.78 bits per heavy atom. The van der Waals surface area contributed by atoms with E-state index in [4.69, 9.17) is 9.57 Å². The smallest absolute Gasteiger partial charge is 0.355 e. The Morgan fingerprint density at radius 1 is 1.28 bits per heavy atom. The maximum Gasteiger partial charge on any atom is 0.355 e. The lowest BCUT2D eigenvalue weighted by Gasteiger charge is -2.36. The van der Waals surface area contributed by atoms with E-state index in [-0.39, 0.29) is 18.7 Å². The molecule has 1 aromatic carbocycles. The Kier molecular flexibility index (Phi) is 6.27. The number of carbonyl (C=O) groups excluding carboxylic acids is 2. The standard InChI is InChI=1S/C23H27N5O4/c1-4-24-23(30)28(31-15-29)20-7-5-6-18(10-20)21-12-25-22-11-19(8-9-27(21)22)26-13-16(2)32-17(3)14-26/h5-12,15-17H,4,13-14H2,1-3H3,(H,24,30)/t16-,17+. The molecule has 1 aliphatic rings. The van der Waals surface area contributed by atoms with Crippen molar-refractivity contribution in [3.63, 3.8) is 0 Å². The number of rotatable bonds is 6. The summed E-state index contributed by atoms with van der Waals surface area (Å²) < 4.78 is 7.83. The van der Waals surface area contributed by atoms with Crippen LogP contribution in [-0.2, 0) is 14.4 Å². The lowest BCUT2D eigenvalue weighted by Crippen LogP contribution is -2.45. The maximum absolute atomic E-state index is 12.3. The van der Waals surface area contributed by atoms with Crippen molar-refractivity contribution in [3.05, 3.63) is 48.8 Å². The molecular weight excluding hydrogens is 410 g/mol. The summed E-state index contributed by atoms with van der Waals surface area (Å²) in [5.41, 5.74) is 4.05. The third kappa shape index (κ3) is 4.38. The first kappa shape index (κ1) is 21.6.